The molecule has 12 heavy (non-hydrogen) atoms. The summed E-state index contributed by atoms with van der Waals surface area (Å²) in [5.41, 5.74) is 5.75. The van der Waals surface area contributed by atoms with E-state index >= 15 is 0 Å². The standard InChI is InChI=1S/C10H18N2/c1-2-8-5-3-4-6-9(8)10(12)7-11/h8-10H,2-6,12H2,1H3. The molecule has 0 aromatic carbocycles. The lowest BCUT2D eigenvalue weighted by atomic mass is 9.74. The minimum atomic E-state index is -0.227. The van der Waals surface area contributed by atoms with E-state index in [1.165, 1.54) is 25.7 Å². The smallest absolute Gasteiger partial charge is 0.0959 e. The Kier molecular flexibility index (Phi) is 3.55. The van der Waals surface area contributed by atoms with E-state index in [4.69, 9.17) is 11.0 Å². The van der Waals surface area contributed by atoms with Crippen LogP contribution in [0, 0.1) is 23.2 Å². The number of rotatable bonds is 2. The fourth-order valence-electron chi connectivity index (χ4n) is 2.31. The van der Waals surface area contributed by atoms with Crippen LogP contribution >= 0.6 is 0 Å². The van der Waals surface area contributed by atoms with E-state index < -0.39 is 0 Å². The second-order valence-corrected chi connectivity index (χ2v) is 3.77. The molecule has 3 atom stereocenters. The van der Waals surface area contributed by atoms with Crippen LogP contribution < -0.4 is 5.73 Å². The highest BCUT2D eigenvalue weighted by Gasteiger charge is 2.28. The molecule has 2 N–H and O–H groups in total. The van der Waals surface area contributed by atoms with Gasteiger partial charge in [-0.25, -0.2) is 0 Å². The summed E-state index contributed by atoms with van der Waals surface area (Å²) in [6, 6.07) is 1.95. The molecule has 0 spiro atoms. The molecule has 0 aromatic heterocycles. The molecule has 1 fully saturated rings. The highest BCUT2D eigenvalue weighted by Crippen LogP contribution is 2.33. The summed E-state index contributed by atoms with van der Waals surface area (Å²) >= 11 is 0. The molecule has 2 nitrogen and oxygen atoms in total. The largest absolute Gasteiger partial charge is 0.316 e. The third kappa shape index (κ3) is 1.98. The van der Waals surface area contributed by atoms with Gasteiger partial charge < -0.3 is 5.73 Å². The molecule has 0 bridgehead atoms. The second-order valence-electron chi connectivity index (χ2n) is 3.77. The molecule has 1 aliphatic carbocycles. The van der Waals surface area contributed by atoms with Crippen molar-refractivity contribution in [1.29, 1.82) is 5.26 Å². The van der Waals surface area contributed by atoms with Gasteiger partial charge in [0.05, 0.1) is 12.1 Å². The molecule has 0 saturated heterocycles. The van der Waals surface area contributed by atoms with Gasteiger partial charge in [0, 0.05) is 0 Å². The van der Waals surface area contributed by atoms with E-state index in [1.807, 2.05) is 0 Å². The van der Waals surface area contributed by atoms with Crippen molar-refractivity contribution in [1.82, 2.24) is 0 Å². The molecular weight excluding hydrogens is 148 g/mol. The summed E-state index contributed by atoms with van der Waals surface area (Å²) in [7, 11) is 0. The maximum absolute atomic E-state index is 8.73. The number of hydrogen-bond donors (Lipinski definition) is 1. The first-order valence-electron chi connectivity index (χ1n) is 4.94. The lowest BCUT2D eigenvalue weighted by Crippen LogP contribution is -2.35. The molecule has 0 radical (unpaired) electrons. The maximum Gasteiger partial charge on any atom is 0.0959 e. The first-order valence-corrected chi connectivity index (χ1v) is 4.94. The first kappa shape index (κ1) is 9.54. The van der Waals surface area contributed by atoms with Crippen LogP contribution in [-0.4, -0.2) is 6.04 Å². The van der Waals surface area contributed by atoms with Crippen molar-refractivity contribution >= 4 is 0 Å². The number of nitrogens with zero attached hydrogens (tertiary/aromatic N) is 1. The summed E-state index contributed by atoms with van der Waals surface area (Å²) in [4.78, 5) is 0. The van der Waals surface area contributed by atoms with Gasteiger partial charge in [0.2, 0.25) is 0 Å². The van der Waals surface area contributed by atoms with Crippen LogP contribution in [0.3, 0.4) is 0 Å². The van der Waals surface area contributed by atoms with Gasteiger partial charge in [-0.05, 0) is 18.3 Å². The van der Waals surface area contributed by atoms with Crippen LogP contribution in [0.4, 0.5) is 0 Å². The van der Waals surface area contributed by atoms with Gasteiger partial charge in [-0.2, -0.15) is 5.26 Å². The van der Waals surface area contributed by atoms with Crippen molar-refractivity contribution in [3.05, 3.63) is 0 Å². The minimum Gasteiger partial charge on any atom is -0.316 e. The van der Waals surface area contributed by atoms with Gasteiger partial charge in [0.1, 0.15) is 0 Å². The molecule has 0 aliphatic heterocycles. The molecule has 0 amide bonds. The fraction of sp³-hybridized carbons (Fsp3) is 0.900. The Morgan fingerprint density at radius 2 is 2.17 bits per heavy atom. The molecular formula is C10H18N2. The quantitative estimate of drug-likeness (QED) is 0.682. The average molecular weight is 166 g/mol. The summed E-state index contributed by atoms with van der Waals surface area (Å²) in [5.74, 6) is 1.17. The van der Waals surface area contributed by atoms with Crippen molar-refractivity contribution in [2.45, 2.75) is 45.1 Å². The molecule has 1 aliphatic rings. The molecule has 68 valence electrons. The first-order chi connectivity index (χ1) is 5.79. The third-order valence-corrected chi connectivity index (χ3v) is 3.10. The Morgan fingerprint density at radius 1 is 1.50 bits per heavy atom. The zero-order valence-electron chi connectivity index (χ0n) is 7.79. The number of nitrogens with two attached hydrogens (primary N) is 1. The lowest BCUT2D eigenvalue weighted by Gasteiger charge is -2.32. The fourth-order valence-corrected chi connectivity index (χ4v) is 2.31. The summed E-state index contributed by atoms with van der Waals surface area (Å²) in [6.07, 6.45) is 6.20. The second kappa shape index (κ2) is 4.47. The van der Waals surface area contributed by atoms with Crippen LogP contribution in [0.2, 0.25) is 0 Å². The zero-order valence-corrected chi connectivity index (χ0v) is 7.79. The Morgan fingerprint density at radius 3 is 2.75 bits per heavy atom. The van der Waals surface area contributed by atoms with Gasteiger partial charge in [-0.15, -0.1) is 0 Å². The third-order valence-electron chi connectivity index (χ3n) is 3.10. The van der Waals surface area contributed by atoms with Gasteiger partial charge in [-0.3, -0.25) is 0 Å². The molecule has 1 saturated carbocycles. The van der Waals surface area contributed by atoms with Crippen molar-refractivity contribution in [3.8, 4) is 6.07 Å². The molecule has 2 heteroatoms. The van der Waals surface area contributed by atoms with Gasteiger partial charge in [0.15, 0.2) is 0 Å². The van der Waals surface area contributed by atoms with Gasteiger partial charge in [0.25, 0.3) is 0 Å². The van der Waals surface area contributed by atoms with Gasteiger partial charge >= 0.3 is 0 Å². The van der Waals surface area contributed by atoms with Crippen molar-refractivity contribution < 1.29 is 0 Å². The number of nitriles is 1. The highest BCUT2D eigenvalue weighted by molar-refractivity contribution is 4.95. The van der Waals surface area contributed by atoms with Crippen LogP contribution in [0.15, 0.2) is 0 Å². The van der Waals surface area contributed by atoms with E-state index in [-0.39, 0.29) is 6.04 Å². The average Bonchev–Trinajstić information content (AvgIpc) is 2.16. The van der Waals surface area contributed by atoms with E-state index in [1.54, 1.807) is 0 Å². The Hall–Kier alpha value is -0.550. The molecule has 0 aromatic rings. The maximum atomic E-state index is 8.73. The Balaban J connectivity index is 2.53. The topological polar surface area (TPSA) is 49.8 Å². The molecule has 1 rings (SSSR count). The normalized spacial score (nSPS) is 32.4. The van der Waals surface area contributed by atoms with Crippen LogP contribution in [0.25, 0.3) is 0 Å². The monoisotopic (exact) mass is 166 g/mol. The molecule has 3 unspecified atom stereocenters. The van der Waals surface area contributed by atoms with Gasteiger partial charge in [-0.1, -0.05) is 32.6 Å². The predicted molar refractivity (Wildman–Crippen MR) is 49.3 cm³/mol. The molecule has 0 heterocycles. The van der Waals surface area contributed by atoms with Crippen LogP contribution in [0.1, 0.15) is 39.0 Å². The van der Waals surface area contributed by atoms with E-state index in [0.29, 0.717) is 11.8 Å². The van der Waals surface area contributed by atoms with E-state index in [2.05, 4.69) is 13.0 Å². The van der Waals surface area contributed by atoms with E-state index in [9.17, 15) is 0 Å². The summed E-state index contributed by atoms with van der Waals surface area (Å²) in [6.45, 7) is 2.20. The Labute approximate surface area is 74.8 Å². The van der Waals surface area contributed by atoms with Crippen molar-refractivity contribution in [3.63, 3.8) is 0 Å². The van der Waals surface area contributed by atoms with Crippen LogP contribution in [-0.2, 0) is 0 Å². The lowest BCUT2D eigenvalue weighted by molar-refractivity contribution is 0.216. The minimum absolute atomic E-state index is 0.227. The summed E-state index contributed by atoms with van der Waals surface area (Å²) < 4.78 is 0. The Bertz CT molecular complexity index is 171. The van der Waals surface area contributed by atoms with Crippen molar-refractivity contribution in [2.75, 3.05) is 0 Å². The zero-order chi connectivity index (χ0) is 8.97. The summed E-state index contributed by atoms with van der Waals surface area (Å²) in [5, 5.41) is 8.73. The van der Waals surface area contributed by atoms with Crippen molar-refractivity contribution in [2.24, 2.45) is 17.6 Å². The van der Waals surface area contributed by atoms with Crippen LogP contribution in [0.5, 0.6) is 0 Å². The number of hydrogen-bond acceptors (Lipinski definition) is 2. The SMILES string of the molecule is CCC1CCCCC1C(N)C#N. The highest BCUT2D eigenvalue weighted by atomic mass is 14.7. The predicted octanol–water partition coefficient (Wildman–Crippen LogP) is 2.05. The van der Waals surface area contributed by atoms with E-state index in [0.717, 1.165) is 6.42 Å².